The van der Waals surface area contributed by atoms with E-state index in [1.54, 1.807) is 24.3 Å². The number of carbonyl (C=O) groups excluding carboxylic acids is 1. The fourth-order valence-electron chi connectivity index (χ4n) is 2.87. The number of aliphatic carboxylic acids is 1. The lowest BCUT2D eigenvalue weighted by atomic mass is 10.0. The quantitative estimate of drug-likeness (QED) is 0.249. The van der Waals surface area contributed by atoms with Crippen molar-refractivity contribution >= 4 is 17.7 Å². The maximum Gasteiger partial charge on any atom is 0.305 e. The van der Waals surface area contributed by atoms with Crippen LogP contribution < -0.4 is 15.8 Å². The van der Waals surface area contributed by atoms with Crippen LogP contribution in [0, 0.1) is 5.41 Å². The summed E-state index contributed by atoms with van der Waals surface area (Å²) in [5, 5.41) is 19.3. The largest absolute Gasteiger partial charge is 0.494 e. The van der Waals surface area contributed by atoms with E-state index in [1.165, 1.54) is 0 Å². The third-order valence-corrected chi connectivity index (χ3v) is 4.39. The van der Waals surface area contributed by atoms with E-state index in [0.29, 0.717) is 37.2 Å². The fraction of sp³-hybridized carbons (Fsp3) is 0.318. The van der Waals surface area contributed by atoms with Crippen molar-refractivity contribution in [2.24, 2.45) is 5.73 Å². The Morgan fingerprint density at radius 2 is 1.79 bits per heavy atom. The molecule has 2 rings (SSSR count). The molecule has 0 saturated heterocycles. The van der Waals surface area contributed by atoms with Gasteiger partial charge in [0.1, 0.15) is 11.6 Å². The van der Waals surface area contributed by atoms with Gasteiger partial charge < -0.3 is 20.9 Å². The van der Waals surface area contributed by atoms with Crippen LogP contribution in [-0.4, -0.2) is 35.5 Å². The number of carboxylic acids is 1. The molecule has 7 heteroatoms. The summed E-state index contributed by atoms with van der Waals surface area (Å²) in [4.78, 5) is 23.3. The van der Waals surface area contributed by atoms with Crippen LogP contribution in [0.2, 0.25) is 0 Å². The second-order valence-corrected chi connectivity index (χ2v) is 6.78. The minimum Gasteiger partial charge on any atom is -0.494 e. The molecule has 0 aliphatic carbocycles. The number of carbonyl (C=O) groups is 2. The molecule has 0 heterocycles. The SMILES string of the molecule is N=C(N)c1ccc(OCCCC(=O)N[C@H](CCc2ccccc2)CC(=O)O)cc1. The number of carboxylic acid groups (broad SMARTS) is 1. The monoisotopic (exact) mass is 397 g/mol. The van der Waals surface area contributed by atoms with Gasteiger partial charge in [-0.3, -0.25) is 15.0 Å². The van der Waals surface area contributed by atoms with E-state index < -0.39 is 12.0 Å². The van der Waals surface area contributed by atoms with Gasteiger partial charge in [0.05, 0.1) is 13.0 Å². The summed E-state index contributed by atoms with van der Waals surface area (Å²) in [6.45, 7) is 0.362. The van der Waals surface area contributed by atoms with E-state index in [-0.39, 0.29) is 24.6 Å². The molecule has 0 spiro atoms. The first-order chi connectivity index (χ1) is 13.9. The Morgan fingerprint density at radius 3 is 2.41 bits per heavy atom. The lowest BCUT2D eigenvalue weighted by Crippen LogP contribution is -2.37. The molecular weight excluding hydrogens is 370 g/mol. The summed E-state index contributed by atoms with van der Waals surface area (Å²) in [6, 6.07) is 16.2. The number of amidine groups is 1. The summed E-state index contributed by atoms with van der Waals surface area (Å²) in [6.07, 6.45) is 1.95. The Morgan fingerprint density at radius 1 is 1.10 bits per heavy atom. The van der Waals surface area contributed by atoms with Crippen LogP contribution in [0.15, 0.2) is 54.6 Å². The lowest BCUT2D eigenvalue weighted by molar-refractivity contribution is -0.137. The van der Waals surface area contributed by atoms with E-state index in [1.807, 2.05) is 30.3 Å². The third kappa shape index (κ3) is 8.47. The van der Waals surface area contributed by atoms with Crippen molar-refractivity contribution in [2.45, 2.75) is 38.1 Å². The standard InChI is InChI=1S/C22H27N3O4/c23-22(24)17-9-12-19(13-10-17)29-14-4-7-20(26)25-18(15-21(27)28)11-8-16-5-2-1-3-6-16/h1-3,5-6,9-10,12-13,18H,4,7-8,11,14-15H2,(H3,23,24)(H,25,26)(H,27,28)/t18-/m1/s1. The van der Waals surface area contributed by atoms with E-state index in [0.717, 1.165) is 5.56 Å². The Hall–Kier alpha value is -3.35. The molecule has 0 fully saturated rings. The molecule has 1 amide bonds. The number of amides is 1. The summed E-state index contributed by atoms with van der Waals surface area (Å²) in [7, 11) is 0. The fourth-order valence-corrected chi connectivity index (χ4v) is 2.87. The molecule has 0 aliphatic rings. The third-order valence-electron chi connectivity index (χ3n) is 4.39. The van der Waals surface area contributed by atoms with Crippen molar-refractivity contribution in [2.75, 3.05) is 6.61 Å². The first kappa shape index (κ1) is 21.9. The number of hydrogen-bond donors (Lipinski definition) is 4. The van der Waals surface area contributed by atoms with Gasteiger partial charge in [0.15, 0.2) is 0 Å². The van der Waals surface area contributed by atoms with Gasteiger partial charge in [-0.05, 0) is 49.1 Å². The Bertz CT molecular complexity index is 807. The predicted octanol–water partition coefficient (Wildman–Crippen LogP) is 2.72. The minimum absolute atomic E-state index is 0.00333. The molecule has 7 nitrogen and oxygen atoms in total. The molecule has 0 aromatic heterocycles. The molecule has 0 saturated carbocycles. The lowest BCUT2D eigenvalue weighted by Gasteiger charge is -2.17. The van der Waals surface area contributed by atoms with Crippen molar-refractivity contribution in [1.29, 1.82) is 5.41 Å². The topological polar surface area (TPSA) is 126 Å². The van der Waals surface area contributed by atoms with E-state index in [4.69, 9.17) is 21.0 Å². The number of ether oxygens (including phenoxy) is 1. The van der Waals surface area contributed by atoms with Gasteiger partial charge >= 0.3 is 5.97 Å². The van der Waals surface area contributed by atoms with Crippen LogP contribution in [0.5, 0.6) is 5.75 Å². The van der Waals surface area contributed by atoms with Crippen LogP contribution in [0.3, 0.4) is 0 Å². The first-order valence-electron chi connectivity index (χ1n) is 9.56. The number of hydrogen-bond acceptors (Lipinski definition) is 4. The van der Waals surface area contributed by atoms with Gasteiger partial charge in [0.25, 0.3) is 0 Å². The zero-order valence-corrected chi connectivity index (χ0v) is 16.3. The molecule has 5 N–H and O–H groups in total. The average Bonchev–Trinajstić information content (AvgIpc) is 2.70. The van der Waals surface area contributed by atoms with Crippen LogP contribution in [0.4, 0.5) is 0 Å². The molecule has 29 heavy (non-hydrogen) atoms. The van der Waals surface area contributed by atoms with Gasteiger partial charge in [-0.15, -0.1) is 0 Å². The Balaban J connectivity index is 1.72. The van der Waals surface area contributed by atoms with Gasteiger partial charge in [0.2, 0.25) is 5.91 Å². The molecular formula is C22H27N3O4. The number of benzene rings is 2. The summed E-state index contributed by atoms with van der Waals surface area (Å²) < 4.78 is 5.58. The van der Waals surface area contributed by atoms with Crippen LogP contribution >= 0.6 is 0 Å². The number of nitrogens with one attached hydrogen (secondary N) is 2. The van der Waals surface area contributed by atoms with E-state index in [2.05, 4.69) is 5.32 Å². The zero-order valence-electron chi connectivity index (χ0n) is 16.3. The highest BCUT2D eigenvalue weighted by Crippen LogP contribution is 2.12. The Kier molecular flexibility index (Phi) is 8.69. The van der Waals surface area contributed by atoms with Crippen LogP contribution in [0.1, 0.15) is 36.8 Å². The van der Waals surface area contributed by atoms with Gasteiger partial charge in [-0.1, -0.05) is 30.3 Å². The van der Waals surface area contributed by atoms with Gasteiger partial charge in [0, 0.05) is 18.0 Å². The van der Waals surface area contributed by atoms with Gasteiger partial charge in [-0.2, -0.15) is 0 Å². The molecule has 0 bridgehead atoms. The van der Waals surface area contributed by atoms with Crippen molar-refractivity contribution < 1.29 is 19.4 Å². The highest BCUT2D eigenvalue weighted by Gasteiger charge is 2.16. The molecule has 2 aromatic carbocycles. The molecule has 0 radical (unpaired) electrons. The predicted molar refractivity (Wildman–Crippen MR) is 111 cm³/mol. The first-order valence-corrected chi connectivity index (χ1v) is 9.56. The smallest absolute Gasteiger partial charge is 0.305 e. The summed E-state index contributed by atoms with van der Waals surface area (Å²) >= 11 is 0. The van der Waals surface area contributed by atoms with Crippen molar-refractivity contribution in [3.63, 3.8) is 0 Å². The Labute approximate surface area is 170 Å². The van der Waals surface area contributed by atoms with Gasteiger partial charge in [-0.25, -0.2) is 0 Å². The molecule has 0 aliphatic heterocycles. The maximum atomic E-state index is 12.2. The number of rotatable bonds is 12. The van der Waals surface area contributed by atoms with Crippen molar-refractivity contribution in [3.8, 4) is 5.75 Å². The number of nitrogen functional groups attached to an aromatic ring is 1. The van der Waals surface area contributed by atoms with E-state index >= 15 is 0 Å². The maximum absolute atomic E-state index is 12.2. The summed E-state index contributed by atoms with van der Waals surface area (Å²) in [5.41, 5.74) is 7.14. The average molecular weight is 397 g/mol. The zero-order chi connectivity index (χ0) is 21.1. The second kappa shape index (κ2) is 11.5. The number of nitrogens with two attached hydrogens (primary N) is 1. The van der Waals surface area contributed by atoms with Crippen molar-refractivity contribution in [3.05, 3.63) is 65.7 Å². The van der Waals surface area contributed by atoms with Crippen LogP contribution in [0.25, 0.3) is 0 Å². The number of aryl methyl sites for hydroxylation is 1. The van der Waals surface area contributed by atoms with E-state index in [9.17, 15) is 9.59 Å². The molecule has 0 unspecified atom stereocenters. The minimum atomic E-state index is -0.930. The highest BCUT2D eigenvalue weighted by atomic mass is 16.5. The highest BCUT2D eigenvalue weighted by molar-refractivity contribution is 5.94. The normalized spacial score (nSPS) is 11.4. The van der Waals surface area contributed by atoms with Crippen LogP contribution in [-0.2, 0) is 16.0 Å². The second-order valence-electron chi connectivity index (χ2n) is 6.78. The molecule has 154 valence electrons. The molecule has 2 aromatic rings. The summed E-state index contributed by atoms with van der Waals surface area (Å²) in [5.74, 6) is -0.473. The molecule has 1 atom stereocenters. The van der Waals surface area contributed by atoms with Crippen molar-refractivity contribution in [1.82, 2.24) is 5.32 Å².